The summed E-state index contributed by atoms with van der Waals surface area (Å²) in [6, 6.07) is 1.56. The molecule has 2 aromatic heterocycles. The second-order valence-electron chi connectivity index (χ2n) is 5.70. The molecule has 0 saturated heterocycles. The van der Waals surface area contributed by atoms with Gasteiger partial charge in [0, 0.05) is 18.5 Å². The first-order valence-electron chi connectivity index (χ1n) is 7.42. The zero-order valence-corrected chi connectivity index (χ0v) is 13.0. The third-order valence-electron chi connectivity index (χ3n) is 3.72. The highest BCUT2D eigenvalue weighted by Crippen LogP contribution is 2.14. The Morgan fingerprint density at radius 1 is 1.50 bits per heavy atom. The number of rotatable bonds is 4. The lowest BCUT2D eigenvalue weighted by molar-refractivity contribution is -0.118. The molecule has 1 aliphatic heterocycles. The van der Waals surface area contributed by atoms with E-state index in [4.69, 9.17) is 4.52 Å². The number of fused-ring (bicyclic) bond motifs is 1. The molecule has 0 spiro atoms. The van der Waals surface area contributed by atoms with Crippen molar-refractivity contribution in [2.45, 2.75) is 52.2 Å². The predicted molar refractivity (Wildman–Crippen MR) is 79.3 cm³/mol. The van der Waals surface area contributed by atoms with Gasteiger partial charge in [0.25, 0.3) is 0 Å². The summed E-state index contributed by atoms with van der Waals surface area (Å²) >= 11 is 0. The molecular weight excluding hydrogens is 284 g/mol. The van der Waals surface area contributed by atoms with Gasteiger partial charge >= 0.3 is 0 Å². The van der Waals surface area contributed by atoms with Crippen molar-refractivity contribution in [1.82, 2.24) is 25.2 Å². The van der Waals surface area contributed by atoms with Crippen LogP contribution in [0.1, 0.15) is 30.7 Å². The minimum absolute atomic E-state index is 0.142. The van der Waals surface area contributed by atoms with E-state index in [0.29, 0.717) is 5.88 Å². The lowest BCUT2D eigenvalue weighted by atomic mass is 10.1. The minimum Gasteiger partial charge on any atom is -0.338 e. The van der Waals surface area contributed by atoms with Crippen molar-refractivity contribution < 1.29 is 9.32 Å². The molecule has 0 fully saturated rings. The molecule has 1 aliphatic rings. The first-order valence-corrected chi connectivity index (χ1v) is 7.42. The van der Waals surface area contributed by atoms with Crippen molar-refractivity contribution in [3.05, 3.63) is 23.4 Å². The first kappa shape index (κ1) is 14.7. The van der Waals surface area contributed by atoms with E-state index in [-0.39, 0.29) is 18.0 Å². The van der Waals surface area contributed by atoms with Crippen LogP contribution in [0.15, 0.2) is 10.6 Å². The summed E-state index contributed by atoms with van der Waals surface area (Å²) < 4.78 is 6.91. The van der Waals surface area contributed by atoms with Gasteiger partial charge in [0.05, 0.1) is 18.3 Å². The van der Waals surface area contributed by atoms with Gasteiger partial charge in [-0.15, -0.1) is 0 Å². The quantitative estimate of drug-likeness (QED) is 0.867. The maximum atomic E-state index is 12.1. The second kappa shape index (κ2) is 5.88. The number of nitrogens with one attached hydrogen (secondary N) is 2. The van der Waals surface area contributed by atoms with E-state index >= 15 is 0 Å². The molecule has 0 radical (unpaired) electrons. The number of carbonyl (C=O) groups excluding carboxylic acids is 1. The van der Waals surface area contributed by atoms with E-state index in [1.165, 1.54) is 0 Å². The van der Waals surface area contributed by atoms with Crippen molar-refractivity contribution >= 4 is 11.8 Å². The third-order valence-corrected chi connectivity index (χ3v) is 3.72. The summed E-state index contributed by atoms with van der Waals surface area (Å²) in [5, 5.41) is 14.2. The van der Waals surface area contributed by atoms with E-state index in [9.17, 15) is 4.79 Å². The normalized spacial score (nSPS) is 18.8. The average molecular weight is 304 g/mol. The van der Waals surface area contributed by atoms with E-state index in [1.807, 2.05) is 18.5 Å². The highest BCUT2D eigenvalue weighted by molar-refractivity contribution is 5.93. The summed E-state index contributed by atoms with van der Waals surface area (Å²) in [5.74, 6) is 2.04. The smallest absolute Gasteiger partial charge is 0.243 e. The van der Waals surface area contributed by atoms with Crippen LogP contribution >= 0.6 is 0 Å². The van der Waals surface area contributed by atoms with Crippen LogP contribution < -0.4 is 10.6 Å². The van der Waals surface area contributed by atoms with Crippen molar-refractivity contribution in [2.75, 3.05) is 5.32 Å². The van der Waals surface area contributed by atoms with Gasteiger partial charge in [0.2, 0.25) is 11.8 Å². The Balaban J connectivity index is 1.55. The Morgan fingerprint density at radius 2 is 2.32 bits per heavy atom. The highest BCUT2D eigenvalue weighted by atomic mass is 16.5. The maximum absolute atomic E-state index is 12.1. The molecule has 3 rings (SSSR count). The molecule has 0 saturated carbocycles. The van der Waals surface area contributed by atoms with Gasteiger partial charge < -0.3 is 9.84 Å². The Morgan fingerprint density at radius 3 is 3.05 bits per heavy atom. The molecule has 0 bridgehead atoms. The van der Waals surface area contributed by atoms with Gasteiger partial charge in [-0.3, -0.25) is 10.1 Å². The lowest BCUT2D eigenvalue weighted by Gasteiger charge is -2.26. The Labute approximate surface area is 128 Å². The fraction of sp³-hybridized carbons (Fsp3) is 0.571. The van der Waals surface area contributed by atoms with Gasteiger partial charge in [-0.2, -0.15) is 5.10 Å². The number of amides is 1. The van der Waals surface area contributed by atoms with Gasteiger partial charge in [-0.25, -0.2) is 9.67 Å². The zero-order chi connectivity index (χ0) is 15.7. The van der Waals surface area contributed by atoms with Crippen LogP contribution in [0.5, 0.6) is 0 Å². The lowest BCUT2D eigenvalue weighted by Crippen LogP contribution is -2.47. The van der Waals surface area contributed by atoms with Crippen LogP contribution in [-0.2, 0) is 17.8 Å². The molecule has 3 heterocycles. The molecule has 2 N–H and O–H groups in total. The molecule has 118 valence electrons. The average Bonchev–Trinajstić information content (AvgIpc) is 3.03. The summed E-state index contributed by atoms with van der Waals surface area (Å²) in [5.41, 5.74) is 0.734. The predicted octanol–water partition coefficient (Wildman–Crippen LogP) is 0.815. The van der Waals surface area contributed by atoms with Gasteiger partial charge in [0.1, 0.15) is 11.6 Å². The summed E-state index contributed by atoms with van der Waals surface area (Å²) in [6.07, 6.45) is 1.81. The molecule has 8 heteroatoms. The van der Waals surface area contributed by atoms with Crippen molar-refractivity contribution in [2.24, 2.45) is 0 Å². The molecule has 0 aromatic carbocycles. The van der Waals surface area contributed by atoms with Crippen LogP contribution in [-0.4, -0.2) is 37.9 Å². The van der Waals surface area contributed by atoms with Crippen LogP contribution in [0.4, 0.5) is 5.88 Å². The molecule has 22 heavy (non-hydrogen) atoms. The van der Waals surface area contributed by atoms with E-state index in [1.54, 1.807) is 13.0 Å². The highest BCUT2D eigenvalue weighted by Gasteiger charge is 2.24. The zero-order valence-electron chi connectivity index (χ0n) is 13.0. The van der Waals surface area contributed by atoms with Crippen molar-refractivity contribution in [1.29, 1.82) is 0 Å². The SMILES string of the molecule is Cc1cc(NC(=O)C(C)NC2CCc3nc(C)nn3C2)on1. The Hall–Kier alpha value is -2.22. The second-order valence-corrected chi connectivity index (χ2v) is 5.70. The van der Waals surface area contributed by atoms with Gasteiger partial charge in [0.15, 0.2) is 0 Å². The molecule has 2 atom stereocenters. The minimum atomic E-state index is -0.332. The summed E-state index contributed by atoms with van der Waals surface area (Å²) in [6.45, 7) is 6.26. The van der Waals surface area contributed by atoms with E-state index in [0.717, 1.165) is 36.7 Å². The van der Waals surface area contributed by atoms with Gasteiger partial charge in [-0.05, 0) is 27.2 Å². The monoisotopic (exact) mass is 304 g/mol. The first-order chi connectivity index (χ1) is 10.5. The molecule has 2 aromatic rings. The van der Waals surface area contributed by atoms with Crippen molar-refractivity contribution in [3.8, 4) is 0 Å². The fourth-order valence-electron chi connectivity index (χ4n) is 2.65. The van der Waals surface area contributed by atoms with Crippen LogP contribution in [0.25, 0.3) is 0 Å². The number of anilines is 1. The van der Waals surface area contributed by atoms with E-state index in [2.05, 4.69) is 25.9 Å². The van der Waals surface area contributed by atoms with E-state index < -0.39 is 0 Å². The third kappa shape index (κ3) is 3.16. The largest absolute Gasteiger partial charge is 0.338 e. The molecule has 1 amide bonds. The standard InChI is InChI=1S/C14H20N6O2/c1-8-6-13(22-19-8)17-14(21)9(2)15-11-4-5-12-16-10(3)18-20(12)7-11/h6,9,11,15H,4-5,7H2,1-3H3,(H,17,21). The maximum Gasteiger partial charge on any atom is 0.243 e. The number of hydrogen-bond donors (Lipinski definition) is 2. The topological polar surface area (TPSA) is 97.9 Å². The molecule has 0 aliphatic carbocycles. The van der Waals surface area contributed by atoms with Crippen LogP contribution in [0.2, 0.25) is 0 Å². The number of aromatic nitrogens is 4. The summed E-state index contributed by atoms with van der Waals surface area (Å²) in [4.78, 5) is 16.5. The Bertz CT molecular complexity index is 677. The molecular formula is C14H20N6O2. The number of hydrogen-bond acceptors (Lipinski definition) is 6. The summed E-state index contributed by atoms with van der Waals surface area (Å²) in [7, 11) is 0. The van der Waals surface area contributed by atoms with Crippen LogP contribution in [0.3, 0.4) is 0 Å². The van der Waals surface area contributed by atoms with Crippen LogP contribution in [0, 0.1) is 13.8 Å². The molecule has 2 unspecified atom stereocenters. The fourth-order valence-corrected chi connectivity index (χ4v) is 2.65. The Kier molecular flexibility index (Phi) is 3.93. The van der Waals surface area contributed by atoms with Crippen molar-refractivity contribution in [3.63, 3.8) is 0 Å². The number of nitrogens with zero attached hydrogens (tertiary/aromatic N) is 4. The molecule has 8 nitrogen and oxygen atoms in total. The number of aryl methyl sites for hydroxylation is 3. The number of carbonyl (C=O) groups is 1. The van der Waals surface area contributed by atoms with Gasteiger partial charge in [-0.1, -0.05) is 5.16 Å².